The minimum absolute atomic E-state index is 0.0625. The maximum atomic E-state index is 13.7. The van der Waals surface area contributed by atoms with Gasteiger partial charge in [0.15, 0.2) is 11.6 Å². The molecule has 1 unspecified atom stereocenters. The van der Waals surface area contributed by atoms with Crippen LogP contribution in [0.1, 0.15) is 36.9 Å². The maximum absolute atomic E-state index is 13.7. The molecule has 0 aliphatic rings. The highest BCUT2D eigenvalue weighted by atomic mass is 19.1. The van der Waals surface area contributed by atoms with Crippen LogP contribution in [0.15, 0.2) is 72.8 Å². The predicted molar refractivity (Wildman–Crippen MR) is 104 cm³/mol. The Kier molecular flexibility index (Phi) is 6.03. The minimum Gasteiger partial charge on any atom is -0.486 e. The van der Waals surface area contributed by atoms with E-state index in [1.54, 1.807) is 18.2 Å². The molecule has 0 amide bonds. The summed E-state index contributed by atoms with van der Waals surface area (Å²) in [5, 5.41) is 0. The molecule has 0 fully saturated rings. The van der Waals surface area contributed by atoms with Crippen LogP contribution in [0.2, 0.25) is 0 Å². The zero-order chi connectivity index (χ0) is 18.4. The van der Waals surface area contributed by atoms with Gasteiger partial charge in [0.25, 0.3) is 0 Å². The van der Waals surface area contributed by atoms with E-state index >= 15 is 0 Å². The van der Waals surface area contributed by atoms with Gasteiger partial charge in [-0.25, -0.2) is 4.39 Å². The number of para-hydroxylation sites is 1. The molecule has 2 nitrogen and oxygen atoms in total. The fourth-order valence-corrected chi connectivity index (χ4v) is 2.99. The fourth-order valence-electron chi connectivity index (χ4n) is 2.99. The number of hydrogen-bond acceptors (Lipinski definition) is 2. The van der Waals surface area contributed by atoms with E-state index < -0.39 is 0 Å². The number of rotatable bonds is 7. The Morgan fingerprint density at radius 2 is 1.65 bits per heavy atom. The number of ether oxygens (including phenoxy) is 1. The van der Waals surface area contributed by atoms with Crippen LogP contribution in [0.3, 0.4) is 0 Å². The molecule has 0 saturated carbocycles. The zero-order valence-electron chi connectivity index (χ0n) is 15.0. The summed E-state index contributed by atoms with van der Waals surface area (Å²) in [7, 11) is 0. The smallest absolute Gasteiger partial charge is 0.165 e. The second-order valence-electron chi connectivity index (χ2n) is 6.44. The number of halogens is 1. The third-order valence-electron chi connectivity index (χ3n) is 4.41. The molecular weight excluding hydrogens is 325 g/mol. The van der Waals surface area contributed by atoms with E-state index in [2.05, 4.69) is 37.3 Å². The van der Waals surface area contributed by atoms with Crippen molar-refractivity contribution in [3.8, 4) is 16.9 Å². The second kappa shape index (κ2) is 8.63. The van der Waals surface area contributed by atoms with Gasteiger partial charge in [-0.3, -0.25) is 0 Å². The van der Waals surface area contributed by atoms with Crippen molar-refractivity contribution in [3.05, 3.63) is 89.7 Å². The van der Waals surface area contributed by atoms with Crippen molar-refractivity contribution in [2.75, 3.05) is 0 Å². The third-order valence-corrected chi connectivity index (χ3v) is 4.41. The Labute approximate surface area is 154 Å². The largest absolute Gasteiger partial charge is 0.486 e. The van der Waals surface area contributed by atoms with Crippen LogP contribution in [0, 0.1) is 5.82 Å². The van der Waals surface area contributed by atoms with Gasteiger partial charge in [-0.05, 0) is 52.9 Å². The van der Waals surface area contributed by atoms with Crippen LogP contribution in [0.5, 0.6) is 5.75 Å². The van der Waals surface area contributed by atoms with E-state index in [9.17, 15) is 4.39 Å². The van der Waals surface area contributed by atoms with E-state index in [4.69, 9.17) is 10.5 Å². The lowest BCUT2D eigenvalue weighted by Crippen LogP contribution is -2.09. The lowest BCUT2D eigenvalue weighted by Gasteiger charge is -2.13. The topological polar surface area (TPSA) is 35.2 Å². The molecule has 3 heteroatoms. The predicted octanol–water partition coefficient (Wildman–Crippen LogP) is 5.87. The minimum atomic E-state index is -0.346. The average Bonchev–Trinajstić information content (AvgIpc) is 2.68. The van der Waals surface area contributed by atoms with E-state index in [-0.39, 0.29) is 17.6 Å². The van der Waals surface area contributed by atoms with Crippen molar-refractivity contribution in [2.24, 2.45) is 5.73 Å². The van der Waals surface area contributed by atoms with Crippen molar-refractivity contribution in [2.45, 2.75) is 32.4 Å². The molecule has 0 bridgehead atoms. The Balaban J connectivity index is 1.77. The van der Waals surface area contributed by atoms with Crippen LogP contribution in [-0.2, 0) is 6.61 Å². The molecular formula is C23H24FNO. The van der Waals surface area contributed by atoms with Crippen molar-refractivity contribution >= 4 is 0 Å². The Morgan fingerprint density at radius 3 is 2.42 bits per heavy atom. The highest BCUT2D eigenvalue weighted by Gasteiger charge is 2.07. The fraction of sp³-hybridized carbons (Fsp3) is 0.217. The van der Waals surface area contributed by atoms with Crippen molar-refractivity contribution in [3.63, 3.8) is 0 Å². The van der Waals surface area contributed by atoms with E-state index in [1.807, 2.05) is 18.2 Å². The molecule has 0 aromatic heterocycles. The van der Waals surface area contributed by atoms with Crippen molar-refractivity contribution in [1.82, 2.24) is 0 Å². The van der Waals surface area contributed by atoms with Gasteiger partial charge in [0, 0.05) is 6.04 Å². The number of nitrogens with two attached hydrogens (primary N) is 1. The average molecular weight is 349 g/mol. The van der Waals surface area contributed by atoms with Crippen LogP contribution in [0.25, 0.3) is 11.1 Å². The molecule has 26 heavy (non-hydrogen) atoms. The van der Waals surface area contributed by atoms with E-state index in [1.165, 1.54) is 6.07 Å². The molecule has 0 heterocycles. The normalized spacial score (nSPS) is 12.0. The molecule has 3 rings (SSSR count). The molecule has 0 aliphatic heterocycles. The van der Waals surface area contributed by atoms with Crippen molar-refractivity contribution in [1.29, 1.82) is 0 Å². The summed E-state index contributed by atoms with van der Waals surface area (Å²) in [6.07, 6.45) is 2.04. The Bertz CT molecular complexity index is 862. The summed E-state index contributed by atoms with van der Waals surface area (Å²) in [5.74, 6) is -0.0771. The Morgan fingerprint density at radius 1 is 0.923 bits per heavy atom. The third kappa shape index (κ3) is 4.50. The summed E-state index contributed by atoms with van der Waals surface area (Å²) >= 11 is 0. The van der Waals surface area contributed by atoms with Gasteiger partial charge in [-0.2, -0.15) is 0 Å². The molecule has 1 atom stereocenters. The highest BCUT2D eigenvalue weighted by molar-refractivity contribution is 5.65. The molecule has 3 aromatic rings. The van der Waals surface area contributed by atoms with Gasteiger partial charge >= 0.3 is 0 Å². The van der Waals surface area contributed by atoms with Gasteiger partial charge in [0.2, 0.25) is 0 Å². The zero-order valence-corrected chi connectivity index (χ0v) is 15.0. The molecule has 0 radical (unpaired) electrons. The molecule has 2 N–H and O–H groups in total. The second-order valence-corrected chi connectivity index (χ2v) is 6.44. The van der Waals surface area contributed by atoms with Crippen LogP contribution < -0.4 is 10.5 Å². The summed E-state index contributed by atoms with van der Waals surface area (Å²) in [5.41, 5.74) is 10.6. The molecule has 3 aromatic carbocycles. The van der Waals surface area contributed by atoms with Gasteiger partial charge in [-0.1, -0.05) is 61.9 Å². The van der Waals surface area contributed by atoms with Gasteiger partial charge in [0.05, 0.1) is 0 Å². The standard InChI is InChI=1S/C23H24FNO/c1-2-7-22(25)20-11-6-10-19(15-20)18-9-5-8-17(14-18)16-26-23-13-4-3-12-21(23)24/h3-6,8-15,22H,2,7,16,25H2,1H3. The molecule has 0 saturated heterocycles. The summed E-state index contributed by atoms with van der Waals surface area (Å²) in [6.45, 7) is 2.46. The van der Waals surface area contributed by atoms with Crippen LogP contribution >= 0.6 is 0 Å². The SMILES string of the molecule is CCCC(N)c1cccc(-c2cccc(COc3ccccc3F)c2)c1. The van der Waals surface area contributed by atoms with Crippen molar-refractivity contribution < 1.29 is 9.13 Å². The molecule has 0 spiro atoms. The first-order chi connectivity index (χ1) is 12.7. The molecule has 134 valence electrons. The van der Waals surface area contributed by atoms with Gasteiger partial charge in [-0.15, -0.1) is 0 Å². The molecule has 0 aliphatic carbocycles. The van der Waals surface area contributed by atoms with Gasteiger partial charge in [0.1, 0.15) is 6.61 Å². The van der Waals surface area contributed by atoms with E-state index in [0.717, 1.165) is 35.1 Å². The van der Waals surface area contributed by atoms with Crippen LogP contribution in [0.4, 0.5) is 4.39 Å². The number of hydrogen-bond donors (Lipinski definition) is 1. The first-order valence-corrected chi connectivity index (χ1v) is 8.99. The van der Waals surface area contributed by atoms with Gasteiger partial charge < -0.3 is 10.5 Å². The lowest BCUT2D eigenvalue weighted by atomic mass is 9.97. The van der Waals surface area contributed by atoms with E-state index in [0.29, 0.717) is 6.61 Å². The first-order valence-electron chi connectivity index (χ1n) is 8.99. The summed E-state index contributed by atoms with van der Waals surface area (Å²) < 4.78 is 19.3. The summed E-state index contributed by atoms with van der Waals surface area (Å²) in [6, 6.07) is 23.0. The summed E-state index contributed by atoms with van der Waals surface area (Å²) in [4.78, 5) is 0. The lowest BCUT2D eigenvalue weighted by molar-refractivity contribution is 0.290. The highest BCUT2D eigenvalue weighted by Crippen LogP contribution is 2.26. The van der Waals surface area contributed by atoms with Crippen LogP contribution in [-0.4, -0.2) is 0 Å². The number of benzene rings is 3. The monoisotopic (exact) mass is 349 g/mol. The Hall–Kier alpha value is -2.65. The first kappa shape index (κ1) is 18.2. The maximum Gasteiger partial charge on any atom is 0.165 e. The quantitative estimate of drug-likeness (QED) is 0.579.